The SMILES string of the molecule is Cc1ccc([C](=[Cr])Nc2ccccc2C#CC(C)(C)C)cc1. The molecule has 0 aromatic heterocycles. The Hall–Kier alpha value is -1.80. The van der Waals surface area contributed by atoms with E-state index in [0.29, 0.717) is 0 Å². The van der Waals surface area contributed by atoms with E-state index in [9.17, 15) is 0 Å². The van der Waals surface area contributed by atoms with E-state index in [2.05, 4.69) is 91.0 Å². The van der Waals surface area contributed by atoms with Gasteiger partial charge < -0.3 is 0 Å². The first-order valence-corrected chi connectivity index (χ1v) is 7.99. The summed E-state index contributed by atoms with van der Waals surface area (Å²) in [7, 11) is 0. The maximum atomic E-state index is 3.44. The number of anilines is 1. The van der Waals surface area contributed by atoms with Gasteiger partial charge in [-0.3, -0.25) is 0 Å². The molecular formula is C20H21CrN. The Bertz CT molecular complexity index is 725. The summed E-state index contributed by atoms with van der Waals surface area (Å²) in [5.74, 6) is 6.57. The summed E-state index contributed by atoms with van der Waals surface area (Å²) in [6, 6.07) is 16.6. The van der Waals surface area contributed by atoms with Crippen LogP contribution in [0.3, 0.4) is 0 Å². The molecule has 0 aliphatic rings. The van der Waals surface area contributed by atoms with Gasteiger partial charge >= 0.3 is 142 Å². The van der Waals surface area contributed by atoms with Gasteiger partial charge in [-0.2, -0.15) is 0 Å². The molecule has 0 aliphatic heterocycles. The topological polar surface area (TPSA) is 12.0 Å². The fourth-order valence-electron chi connectivity index (χ4n) is 1.86. The Balaban J connectivity index is 2.24. The molecule has 2 heteroatoms. The number of para-hydroxylation sites is 1. The van der Waals surface area contributed by atoms with Gasteiger partial charge in [-0.1, -0.05) is 0 Å². The number of aryl methyl sites for hydroxylation is 1. The molecule has 0 spiro atoms. The van der Waals surface area contributed by atoms with Crippen LogP contribution in [0.25, 0.3) is 0 Å². The zero-order valence-electron chi connectivity index (χ0n) is 13.5. The number of rotatable bonds is 3. The summed E-state index contributed by atoms with van der Waals surface area (Å²) >= 11 is 3.12. The molecule has 0 amide bonds. The molecule has 2 aromatic rings. The molecule has 1 N–H and O–H groups in total. The van der Waals surface area contributed by atoms with Crippen molar-refractivity contribution in [2.24, 2.45) is 5.41 Å². The minimum atomic E-state index is -0.00501. The van der Waals surface area contributed by atoms with Crippen molar-refractivity contribution in [1.82, 2.24) is 0 Å². The summed E-state index contributed by atoms with van der Waals surface area (Å²) in [5, 5.41) is 3.44. The summed E-state index contributed by atoms with van der Waals surface area (Å²) in [6.07, 6.45) is 0. The van der Waals surface area contributed by atoms with Crippen molar-refractivity contribution in [3.8, 4) is 11.8 Å². The third kappa shape index (κ3) is 4.89. The summed E-state index contributed by atoms with van der Waals surface area (Å²) < 4.78 is 1.00. The minimum absolute atomic E-state index is 0.00501. The molecule has 0 bridgehead atoms. The molecule has 0 radical (unpaired) electrons. The second kappa shape index (κ2) is 6.97. The van der Waals surface area contributed by atoms with Crippen LogP contribution in [-0.2, 0) is 15.9 Å². The third-order valence-electron chi connectivity index (χ3n) is 3.06. The van der Waals surface area contributed by atoms with E-state index in [1.54, 1.807) is 0 Å². The van der Waals surface area contributed by atoms with Crippen molar-refractivity contribution >= 4 is 10.2 Å². The van der Waals surface area contributed by atoms with E-state index < -0.39 is 0 Å². The van der Waals surface area contributed by atoms with E-state index >= 15 is 0 Å². The molecule has 0 heterocycles. The molecule has 22 heavy (non-hydrogen) atoms. The first-order chi connectivity index (χ1) is 10.3. The van der Waals surface area contributed by atoms with Gasteiger partial charge in [0, 0.05) is 0 Å². The number of hydrogen-bond acceptors (Lipinski definition) is 1. The van der Waals surface area contributed by atoms with Crippen molar-refractivity contribution in [2.75, 3.05) is 5.32 Å². The monoisotopic (exact) mass is 327 g/mol. The van der Waals surface area contributed by atoms with Gasteiger partial charge in [-0.05, 0) is 0 Å². The Kier molecular flexibility index (Phi) is 5.25. The van der Waals surface area contributed by atoms with Gasteiger partial charge in [0.05, 0.1) is 0 Å². The van der Waals surface area contributed by atoms with E-state index in [0.717, 1.165) is 21.3 Å². The summed E-state index contributed by atoms with van der Waals surface area (Å²) in [6.45, 7) is 8.45. The van der Waals surface area contributed by atoms with E-state index in [-0.39, 0.29) is 5.41 Å². The number of hydrogen-bond donors (Lipinski definition) is 1. The molecule has 0 aliphatic carbocycles. The van der Waals surface area contributed by atoms with Crippen molar-refractivity contribution in [3.63, 3.8) is 0 Å². The van der Waals surface area contributed by atoms with Crippen LogP contribution in [0.4, 0.5) is 5.69 Å². The van der Waals surface area contributed by atoms with Crippen LogP contribution >= 0.6 is 0 Å². The van der Waals surface area contributed by atoms with Crippen molar-refractivity contribution in [3.05, 3.63) is 65.2 Å². The standard InChI is InChI=1S/C20H21N.Cr/c1-16-9-11-17(12-10-16)15-21-19-8-6-5-7-18(19)13-14-20(2,3)4;/h5-12,21H,1-4H3;. The van der Waals surface area contributed by atoms with Crippen molar-refractivity contribution < 1.29 is 15.9 Å². The second-order valence-electron chi connectivity index (χ2n) is 6.37. The second-order valence-corrected chi connectivity index (χ2v) is 7.00. The van der Waals surface area contributed by atoms with Gasteiger partial charge in [0.25, 0.3) is 0 Å². The van der Waals surface area contributed by atoms with Crippen LogP contribution in [0.5, 0.6) is 0 Å². The van der Waals surface area contributed by atoms with Crippen molar-refractivity contribution in [1.29, 1.82) is 0 Å². The number of nitrogens with one attached hydrogen (secondary N) is 1. The molecule has 0 atom stereocenters. The van der Waals surface area contributed by atoms with Gasteiger partial charge in [0.2, 0.25) is 0 Å². The Morgan fingerprint density at radius 3 is 2.27 bits per heavy atom. The van der Waals surface area contributed by atoms with Gasteiger partial charge in [0.15, 0.2) is 0 Å². The Morgan fingerprint density at radius 2 is 1.64 bits per heavy atom. The molecule has 0 saturated heterocycles. The molecule has 2 rings (SSSR count). The van der Waals surface area contributed by atoms with E-state index in [1.807, 2.05) is 18.2 Å². The zero-order valence-corrected chi connectivity index (χ0v) is 14.8. The molecule has 112 valence electrons. The van der Waals surface area contributed by atoms with E-state index in [1.165, 1.54) is 5.56 Å². The average molecular weight is 327 g/mol. The zero-order chi connectivity index (χ0) is 16.2. The fraction of sp³-hybridized carbons (Fsp3) is 0.250. The first kappa shape index (κ1) is 16.6. The fourth-order valence-corrected chi connectivity index (χ4v) is 2.24. The quantitative estimate of drug-likeness (QED) is 0.817. The normalized spacial score (nSPS) is 10.5. The van der Waals surface area contributed by atoms with Gasteiger partial charge in [-0.15, -0.1) is 0 Å². The maximum absolute atomic E-state index is 3.44. The molecule has 1 nitrogen and oxygen atoms in total. The Labute approximate surface area is 141 Å². The molecular weight excluding hydrogens is 306 g/mol. The predicted octanol–water partition coefficient (Wildman–Crippen LogP) is 4.53. The van der Waals surface area contributed by atoms with Crippen LogP contribution < -0.4 is 5.32 Å². The van der Waals surface area contributed by atoms with Crippen LogP contribution in [0, 0.1) is 24.2 Å². The van der Waals surface area contributed by atoms with Crippen molar-refractivity contribution in [2.45, 2.75) is 27.7 Å². The van der Waals surface area contributed by atoms with Crippen LogP contribution in [0.15, 0.2) is 48.5 Å². The summed E-state index contributed by atoms with van der Waals surface area (Å²) in [4.78, 5) is 0. The average Bonchev–Trinajstić information content (AvgIpc) is 2.46. The first-order valence-electron chi connectivity index (χ1n) is 7.35. The molecule has 0 saturated carbocycles. The molecule has 0 unspecified atom stereocenters. The Morgan fingerprint density at radius 1 is 1.00 bits per heavy atom. The van der Waals surface area contributed by atoms with Crippen LogP contribution in [-0.4, -0.2) is 4.50 Å². The van der Waals surface area contributed by atoms with Crippen LogP contribution in [0.1, 0.15) is 37.5 Å². The predicted molar refractivity (Wildman–Crippen MR) is 91.7 cm³/mol. The molecule has 0 fully saturated rings. The van der Waals surface area contributed by atoms with Gasteiger partial charge in [0.1, 0.15) is 0 Å². The molecule has 2 aromatic carbocycles. The van der Waals surface area contributed by atoms with E-state index in [4.69, 9.17) is 0 Å². The number of benzene rings is 2. The van der Waals surface area contributed by atoms with Crippen LogP contribution in [0.2, 0.25) is 0 Å². The third-order valence-corrected chi connectivity index (χ3v) is 3.59. The van der Waals surface area contributed by atoms with Gasteiger partial charge in [-0.25, -0.2) is 0 Å². The summed E-state index contributed by atoms with van der Waals surface area (Å²) in [5.41, 5.74) is 4.43.